The van der Waals surface area contributed by atoms with E-state index in [4.69, 9.17) is 9.88 Å². The number of primary sulfonamides is 1. The number of sulfonamides is 1. The van der Waals surface area contributed by atoms with E-state index >= 15 is 0 Å². The standard InChI is InChI=1S/C16H19N3O5S/c1-3-24-14-7-4-12(5-8-14)11-18(2)15-9-6-13(19(20)21)10-16(15)25(17,22)23/h4-10H,3,11H2,1-2H3,(H2,17,22,23). The van der Waals surface area contributed by atoms with Gasteiger partial charge in [-0.25, -0.2) is 13.6 Å². The summed E-state index contributed by atoms with van der Waals surface area (Å²) >= 11 is 0. The van der Waals surface area contributed by atoms with E-state index in [-0.39, 0.29) is 10.6 Å². The summed E-state index contributed by atoms with van der Waals surface area (Å²) < 4.78 is 29.0. The fraction of sp³-hybridized carbons (Fsp3) is 0.250. The predicted molar refractivity (Wildman–Crippen MR) is 94.2 cm³/mol. The van der Waals surface area contributed by atoms with Crippen molar-refractivity contribution in [3.8, 4) is 5.75 Å². The van der Waals surface area contributed by atoms with Crippen LogP contribution in [0.3, 0.4) is 0 Å². The number of nitro groups is 1. The van der Waals surface area contributed by atoms with E-state index in [1.807, 2.05) is 31.2 Å². The monoisotopic (exact) mass is 365 g/mol. The Kier molecular flexibility index (Phi) is 5.60. The van der Waals surface area contributed by atoms with Crippen molar-refractivity contribution in [2.75, 3.05) is 18.6 Å². The second-order valence-electron chi connectivity index (χ2n) is 5.39. The summed E-state index contributed by atoms with van der Waals surface area (Å²) in [6.45, 7) is 2.86. The van der Waals surface area contributed by atoms with Gasteiger partial charge in [-0.15, -0.1) is 0 Å². The van der Waals surface area contributed by atoms with E-state index in [1.165, 1.54) is 12.1 Å². The Bertz CT molecular complexity index is 866. The summed E-state index contributed by atoms with van der Waals surface area (Å²) in [5.74, 6) is 0.745. The van der Waals surface area contributed by atoms with E-state index in [2.05, 4.69) is 0 Å². The normalized spacial score (nSPS) is 11.2. The molecule has 0 unspecified atom stereocenters. The van der Waals surface area contributed by atoms with Crippen molar-refractivity contribution in [3.05, 3.63) is 58.1 Å². The molecule has 0 saturated carbocycles. The average Bonchev–Trinajstić information content (AvgIpc) is 2.55. The molecule has 134 valence electrons. The van der Waals surface area contributed by atoms with Crippen molar-refractivity contribution in [1.82, 2.24) is 0 Å². The molecule has 25 heavy (non-hydrogen) atoms. The molecule has 0 amide bonds. The molecule has 0 atom stereocenters. The van der Waals surface area contributed by atoms with E-state index in [9.17, 15) is 18.5 Å². The number of nitro benzene ring substituents is 1. The third-order valence-electron chi connectivity index (χ3n) is 3.53. The van der Waals surface area contributed by atoms with E-state index in [0.717, 1.165) is 17.4 Å². The van der Waals surface area contributed by atoms with Crippen molar-refractivity contribution in [2.45, 2.75) is 18.4 Å². The van der Waals surface area contributed by atoms with Gasteiger partial charge in [-0.05, 0) is 30.7 Å². The zero-order valence-electron chi connectivity index (χ0n) is 13.9. The second kappa shape index (κ2) is 7.49. The van der Waals surface area contributed by atoms with Gasteiger partial charge in [0.25, 0.3) is 5.69 Å². The van der Waals surface area contributed by atoms with Crippen molar-refractivity contribution in [3.63, 3.8) is 0 Å². The number of rotatable bonds is 7. The summed E-state index contributed by atoms with van der Waals surface area (Å²) in [5.41, 5.74) is 0.883. The highest BCUT2D eigenvalue weighted by Crippen LogP contribution is 2.29. The van der Waals surface area contributed by atoms with Crippen LogP contribution in [-0.4, -0.2) is 27.0 Å². The smallest absolute Gasteiger partial charge is 0.270 e. The van der Waals surface area contributed by atoms with Crippen LogP contribution < -0.4 is 14.8 Å². The van der Waals surface area contributed by atoms with Crippen LogP contribution in [0.25, 0.3) is 0 Å². The molecule has 9 heteroatoms. The number of nitrogens with zero attached hydrogens (tertiary/aromatic N) is 2. The Balaban J connectivity index is 2.32. The molecule has 2 aromatic carbocycles. The SMILES string of the molecule is CCOc1ccc(CN(C)c2ccc([N+](=O)[O-])cc2S(N)(=O)=O)cc1. The molecule has 2 N–H and O–H groups in total. The number of ether oxygens (including phenoxy) is 1. The van der Waals surface area contributed by atoms with Crippen molar-refractivity contribution in [1.29, 1.82) is 0 Å². The molecule has 0 aliphatic rings. The Labute approximate surface area is 146 Å². The van der Waals surface area contributed by atoms with Gasteiger partial charge in [-0.3, -0.25) is 10.1 Å². The molecule has 0 fully saturated rings. The number of anilines is 1. The largest absolute Gasteiger partial charge is 0.494 e. The molecule has 2 rings (SSSR count). The number of hydrogen-bond acceptors (Lipinski definition) is 6. The molecule has 0 radical (unpaired) electrons. The molecule has 0 spiro atoms. The molecule has 0 saturated heterocycles. The van der Waals surface area contributed by atoms with Gasteiger partial charge in [0.1, 0.15) is 10.6 Å². The zero-order chi connectivity index (χ0) is 18.6. The van der Waals surface area contributed by atoms with Gasteiger partial charge in [-0.2, -0.15) is 0 Å². The second-order valence-corrected chi connectivity index (χ2v) is 6.92. The van der Waals surface area contributed by atoms with Gasteiger partial charge in [-0.1, -0.05) is 12.1 Å². The molecule has 0 aliphatic carbocycles. The summed E-state index contributed by atoms with van der Waals surface area (Å²) in [7, 11) is -2.42. The Morgan fingerprint density at radius 1 is 1.20 bits per heavy atom. The first-order valence-corrected chi connectivity index (χ1v) is 9.01. The predicted octanol–water partition coefficient (Wildman–Crippen LogP) is 2.28. The topological polar surface area (TPSA) is 116 Å². The molecular weight excluding hydrogens is 346 g/mol. The van der Waals surface area contributed by atoms with Crippen LogP contribution in [0.4, 0.5) is 11.4 Å². The lowest BCUT2D eigenvalue weighted by Gasteiger charge is -2.22. The van der Waals surface area contributed by atoms with Crippen LogP contribution in [0.5, 0.6) is 5.75 Å². The van der Waals surface area contributed by atoms with E-state index in [1.54, 1.807) is 11.9 Å². The third kappa shape index (κ3) is 4.68. The minimum Gasteiger partial charge on any atom is -0.494 e. The van der Waals surface area contributed by atoms with Crippen LogP contribution in [0.15, 0.2) is 47.4 Å². The lowest BCUT2D eigenvalue weighted by atomic mass is 10.2. The molecule has 0 heterocycles. The minimum absolute atomic E-state index is 0.282. The van der Waals surface area contributed by atoms with E-state index < -0.39 is 14.9 Å². The first kappa shape index (κ1) is 18.7. The Morgan fingerprint density at radius 3 is 2.36 bits per heavy atom. The third-order valence-corrected chi connectivity index (χ3v) is 4.47. The fourth-order valence-corrected chi connectivity index (χ4v) is 3.18. The van der Waals surface area contributed by atoms with Crippen LogP contribution in [0, 0.1) is 10.1 Å². The van der Waals surface area contributed by atoms with Crippen LogP contribution >= 0.6 is 0 Å². The van der Waals surface area contributed by atoms with Gasteiger partial charge in [0.05, 0.1) is 17.2 Å². The minimum atomic E-state index is -4.11. The van der Waals surface area contributed by atoms with Crippen molar-refractivity contribution < 1.29 is 18.1 Å². The average molecular weight is 365 g/mol. The molecule has 0 aliphatic heterocycles. The lowest BCUT2D eigenvalue weighted by Crippen LogP contribution is -2.22. The number of hydrogen-bond donors (Lipinski definition) is 1. The molecule has 8 nitrogen and oxygen atoms in total. The quantitative estimate of drug-likeness (QED) is 0.594. The van der Waals surface area contributed by atoms with Gasteiger partial charge in [0.15, 0.2) is 0 Å². The molecule has 0 bridgehead atoms. The van der Waals surface area contributed by atoms with Gasteiger partial charge in [0.2, 0.25) is 10.0 Å². The molecular formula is C16H19N3O5S. The highest BCUT2D eigenvalue weighted by Gasteiger charge is 2.21. The number of non-ortho nitro benzene ring substituents is 1. The molecule has 2 aromatic rings. The van der Waals surface area contributed by atoms with Crippen LogP contribution in [0.1, 0.15) is 12.5 Å². The van der Waals surface area contributed by atoms with Crippen molar-refractivity contribution in [2.24, 2.45) is 5.14 Å². The maximum absolute atomic E-state index is 11.8. The highest BCUT2D eigenvalue weighted by molar-refractivity contribution is 7.89. The summed E-state index contributed by atoms with van der Waals surface area (Å²) in [6, 6.07) is 11.0. The van der Waals surface area contributed by atoms with Gasteiger partial charge < -0.3 is 9.64 Å². The van der Waals surface area contributed by atoms with Crippen LogP contribution in [0.2, 0.25) is 0 Å². The lowest BCUT2D eigenvalue weighted by molar-refractivity contribution is -0.385. The number of benzene rings is 2. The van der Waals surface area contributed by atoms with Gasteiger partial charge in [0, 0.05) is 25.7 Å². The summed E-state index contributed by atoms with van der Waals surface area (Å²) in [5, 5.41) is 16.1. The summed E-state index contributed by atoms with van der Waals surface area (Å²) in [6.07, 6.45) is 0. The Morgan fingerprint density at radius 2 is 1.84 bits per heavy atom. The maximum atomic E-state index is 11.8. The fourth-order valence-electron chi connectivity index (χ4n) is 2.38. The molecule has 0 aromatic heterocycles. The van der Waals surface area contributed by atoms with Crippen LogP contribution in [-0.2, 0) is 16.6 Å². The Hall–Kier alpha value is -2.65. The zero-order valence-corrected chi connectivity index (χ0v) is 14.7. The van der Waals surface area contributed by atoms with E-state index in [0.29, 0.717) is 18.8 Å². The highest BCUT2D eigenvalue weighted by atomic mass is 32.2. The first-order valence-electron chi connectivity index (χ1n) is 7.46. The maximum Gasteiger partial charge on any atom is 0.270 e. The van der Waals surface area contributed by atoms with Gasteiger partial charge >= 0.3 is 0 Å². The number of nitrogens with two attached hydrogens (primary N) is 1. The van der Waals surface area contributed by atoms with Crippen molar-refractivity contribution >= 4 is 21.4 Å². The summed E-state index contributed by atoms with van der Waals surface area (Å²) in [4.78, 5) is 11.6. The first-order chi connectivity index (χ1) is 11.7.